The number of hydrogen-bond acceptors (Lipinski definition) is 4. The van der Waals surface area contributed by atoms with Crippen molar-refractivity contribution in [2.24, 2.45) is 0 Å². The zero-order chi connectivity index (χ0) is 17.6. The first-order valence-electron chi connectivity index (χ1n) is 8.75. The van der Waals surface area contributed by atoms with Gasteiger partial charge < -0.3 is 20.3 Å². The highest BCUT2D eigenvalue weighted by Crippen LogP contribution is 2.19. The van der Waals surface area contributed by atoms with Gasteiger partial charge in [0, 0.05) is 37.6 Å². The number of nitrogen functional groups attached to an aromatic ring is 1. The van der Waals surface area contributed by atoms with E-state index in [1.807, 2.05) is 60.4 Å². The molecule has 5 nitrogen and oxygen atoms in total. The molecular weight excluding hydrogens is 314 g/mol. The zero-order valence-electron chi connectivity index (χ0n) is 14.6. The van der Waals surface area contributed by atoms with Crippen molar-refractivity contribution in [1.82, 2.24) is 4.90 Å². The molecule has 5 heteroatoms. The molecule has 1 saturated heterocycles. The van der Waals surface area contributed by atoms with Crippen molar-refractivity contribution in [1.29, 1.82) is 0 Å². The van der Waals surface area contributed by atoms with Crippen LogP contribution < -0.4 is 15.4 Å². The molecule has 1 aliphatic heterocycles. The first-order chi connectivity index (χ1) is 12.2. The van der Waals surface area contributed by atoms with Crippen molar-refractivity contribution in [3.63, 3.8) is 0 Å². The molecule has 0 bridgehead atoms. The second-order valence-corrected chi connectivity index (χ2v) is 6.21. The Balaban J connectivity index is 1.51. The minimum absolute atomic E-state index is 0.182. The van der Waals surface area contributed by atoms with Crippen molar-refractivity contribution in [3.8, 4) is 5.75 Å². The van der Waals surface area contributed by atoms with Crippen LogP contribution in [0.3, 0.4) is 0 Å². The van der Waals surface area contributed by atoms with Gasteiger partial charge in [-0.25, -0.2) is 0 Å². The van der Waals surface area contributed by atoms with Gasteiger partial charge in [0.05, 0.1) is 13.0 Å². The van der Waals surface area contributed by atoms with Gasteiger partial charge in [0.15, 0.2) is 0 Å². The van der Waals surface area contributed by atoms with E-state index in [9.17, 15) is 4.79 Å². The molecule has 3 rings (SSSR count). The first kappa shape index (κ1) is 17.1. The van der Waals surface area contributed by atoms with Crippen molar-refractivity contribution in [2.75, 3.05) is 43.4 Å². The Bertz CT molecular complexity index is 690. The molecule has 0 aliphatic carbocycles. The minimum atomic E-state index is 0.182. The van der Waals surface area contributed by atoms with Crippen LogP contribution in [0.2, 0.25) is 0 Å². The van der Waals surface area contributed by atoms with Gasteiger partial charge in [-0.2, -0.15) is 0 Å². The van der Waals surface area contributed by atoms with E-state index in [-0.39, 0.29) is 5.91 Å². The number of nitrogens with zero attached hydrogens (tertiary/aromatic N) is 2. The Kier molecular flexibility index (Phi) is 5.43. The quantitative estimate of drug-likeness (QED) is 0.851. The normalized spacial score (nSPS) is 14.4. The van der Waals surface area contributed by atoms with Crippen molar-refractivity contribution in [3.05, 3.63) is 54.1 Å². The van der Waals surface area contributed by atoms with Gasteiger partial charge in [0.1, 0.15) is 5.75 Å². The predicted octanol–water partition coefficient (Wildman–Crippen LogP) is 2.56. The van der Waals surface area contributed by atoms with Gasteiger partial charge in [-0.1, -0.05) is 12.1 Å². The van der Waals surface area contributed by atoms with Gasteiger partial charge in [-0.05, 0) is 48.9 Å². The third-order valence-electron chi connectivity index (χ3n) is 4.48. The van der Waals surface area contributed by atoms with Crippen LogP contribution in [0.1, 0.15) is 12.5 Å². The number of ether oxygens (including phenoxy) is 1. The Hall–Kier alpha value is -2.69. The lowest BCUT2D eigenvalue weighted by Gasteiger charge is -2.36. The molecule has 25 heavy (non-hydrogen) atoms. The number of piperazine rings is 1. The highest BCUT2D eigenvalue weighted by molar-refractivity contribution is 5.79. The number of amides is 1. The standard InChI is InChI=1S/C20H25N3O2/c1-2-25-19-9-3-16(4-10-19)15-20(24)23-13-11-22(12-14-23)18-7-5-17(21)6-8-18/h3-10H,2,11-15,21H2,1H3. The minimum Gasteiger partial charge on any atom is -0.494 e. The lowest BCUT2D eigenvalue weighted by Crippen LogP contribution is -2.49. The monoisotopic (exact) mass is 339 g/mol. The summed E-state index contributed by atoms with van der Waals surface area (Å²) in [6, 6.07) is 15.7. The van der Waals surface area contributed by atoms with Crippen LogP contribution in [-0.2, 0) is 11.2 Å². The average molecular weight is 339 g/mol. The molecule has 0 radical (unpaired) electrons. The highest BCUT2D eigenvalue weighted by atomic mass is 16.5. The molecule has 132 valence electrons. The summed E-state index contributed by atoms with van der Waals surface area (Å²) in [5.41, 5.74) is 8.69. The number of benzene rings is 2. The maximum atomic E-state index is 12.5. The molecule has 0 saturated carbocycles. The van der Waals surface area contributed by atoms with Crippen LogP contribution in [0.5, 0.6) is 5.75 Å². The Morgan fingerprint density at radius 2 is 1.64 bits per heavy atom. The summed E-state index contributed by atoms with van der Waals surface area (Å²) < 4.78 is 5.43. The lowest BCUT2D eigenvalue weighted by atomic mass is 10.1. The molecule has 0 unspecified atom stereocenters. The maximum Gasteiger partial charge on any atom is 0.227 e. The van der Waals surface area contributed by atoms with Crippen molar-refractivity contribution >= 4 is 17.3 Å². The summed E-state index contributed by atoms with van der Waals surface area (Å²) in [7, 11) is 0. The summed E-state index contributed by atoms with van der Waals surface area (Å²) in [4.78, 5) is 16.8. The smallest absolute Gasteiger partial charge is 0.227 e. The molecule has 2 N–H and O–H groups in total. The Morgan fingerprint density at radius 3 is 2.24 bits per heavy atom. The molecule has 2 aromatic rings. The van der Waals surface area contributed by atoms with Gasteiger partial charge in [0.2, 0.25) is 5.91 Å². The van der Waals surface area contributed by atoms with Crippen LogP contribution in [0, 0.1) is 0 Å². The Labute approximate surface area is 149 Å². The average Bonchev–Trinajstić information content (AvgIpc) is 2.64. The number of carbonyl (C=O) groups excluding carboxylic acids is 1. The largest absolute Gasteiger partial charge is 0.494 e. The fraction of sp³-hybridized carbons (Fsp3) is 0.350. The first-order valence-corrected chi connectivity index (χ1v) is 8.75. The van der Waals surface area contributed by atoms with Crippen LogP contribution in [0.15, 0.2) is 48.5 Å². The van der Waals surface area contributed by atoms with Crippen molar-refractivity contribution in [2.45, 2.75) is 13.3 Å². The molecule has 1 amide bonds. The van der Waals surface area contributed by atoms with Crippen LogP contribution >= 0.6 is 0 Å². The van der Waals surface area contributed by atoms with E-state index in [1.54, 1.807) is 0 Å². The lowest BCUT2D eigenvalue weighted by molar-refractivity contribution is -0.130. The molecule has 1 fully saturated rings. The summed E-state index contributed by atoms with van der Waals surface area (Å²) in [5.74, 6) is 1.02. The summed E-state index contributed by atoms with van der Waals surface area (Å²) in [5, 5.41) is 0. The third kappa shape index (κ3) is 4.44. The summed E-state index contributed by atoms with van der Waals surface area (Å²) in [6.45, 7) is 5.80. The van der Waals surface area contributed by atoms with E-state index in [0.717, 1.165) is 48.9 Å². The number of rotatable bonds is 5. The van der Waals surface area contributed by atoms with E-state index < -0.39 is 0 Å². The summed E-state index contributed by atoms with van der Waals surface area (Å²) >= 11 is 0. The molecule has 1 aliphatic rings. The number of carbonyl (C=O) groups is 1. The van der Waals surface area contributed by atoms with Crippen LogP contribution in [0.25, 0.3) is 0 Å². The molecule has 0 atom stereocenters. The van der Waals surface area contributed by atoms with Gasteiger partial charge in [-0.3, -0.25) is 4.79 Å². The van der Waals surface area contributed by atoms with E-state index in [1.165, 1.54) is 0 Å². The van der Waals surface area contributed by atoms with Crippen LogP contribution in [-0.4, -0.2) is 43.6 Å². The molecule has 0 spiro atoms. The van der Waals surface area contributed by atoms with E-state index >= 15 is 0 Å². The SMILES string of the molecule is CCOc1ccc(CC(=O)N2CCN(c3ccc(N)cc3)CC2)cc1. The van der Waals surface area contributed by atoms with Gasteiger partial charge in [-0.15, -0.1) is 0 Å². The summed E-state index contributed by atoms with van der Waals surface area (Å²) in [6.07, 6.45) is 0.439. The number of anilines is 2. The van der Waals surface area contributed by atoms with Crippen LogP contribution in [0.4, 0.5) is 11.4 Å². The fourth-order valence-corrected chi connectivity index (χ4v) is 3.06. The molecule has 1 heterocycles. The van der Waals surface area contributed by atoms with E-state index in [4.69, 9.17) is 10.5 Å². The van der Waals surface area contributed by atoms with Gasteiger partial charge >= 0.3 is 0 Å². The number of hydrogen-bond donors (Lipinski definition) is 1. The topological polar surface area (TPSA) is 58.8 Å². The second kappa shape index (κ2) is 7.92. The van der Waals surface area contributed by atoms with Gasteiger partial charge in [0.25, 0.3) is 0 Å². The molecular formula is C20H25N3O2. The third-order valence-corrected chi connectivity index (χ3v) is 4.48. The highest BCUT2D eigenvalue weighted by Gasteiger charge is 2.21. The zero-order valence-corrected chi connectivity index (χ0v) is 14.6. The molecule has 0 aromatic heterocycles. The second-order valence-electron chi connectivity index (χ2n) is 6.21. The molecule has 2 aromatic carbocycles. The predicted molar refractivity (Wildman–Crippen MR) is 101 cm³/mol. The van der Waals surface area contributed by atoms with E-state index in [2.05, 4.69) is 4.90 Å². The Morgan fingerprint density at radius 1 is 1.00 bits per heavy atom. The number of nitrogens with two attached hydrogens (primary N) is 1. The van der Waals surface area contributed by atoms with Crippen molar-refractivity contribution < 1.29 is 9.53 Å². The van der Waals surface area contributed by atoms with E-state index in [0.29, 0.717) is 13.0 Å². The maximum absolute atomic E-state index is 12.5. The fourth-order valence-electron chi connectivity index (χ4n) is 3.06.